The number of hydrogen-bond donors (Lipinski definition) is 1. The van der Waals surface area contributed by atoms with Gasteiger partial charge in [-0.1, -0.05) is 6.92 Å². The molecule has 0 bridgehead atoms. The fourth-order valence-corrected chi connectivity index (χ4v) is 1.62. The maximum Gasteiger partial charge on any atom is 0.0517 e. The van der Waals surface area contributed by atoms with E-state index in [-0.39, 0.29) is 0 Å². The lowest BCUT2D eigenvalue weighted by Crippen LogP contribution is -2.19. The van der Waals surface area contributed by atoms with E-state index in [0.717, 1.165) is 52.1 Å². The van der Waals surface area contributed by atoms with Crippen LogP contribution >= 0.6 is 0 Å². The summed E-state index contributed by atoms with van der Waals surface area (Å²) in [4.78, 5) is 0. The summed E-state index contributed by atoms with van der Waals surface area (Å²) in [6, 6.07) is 0.355. The van der Waals surface area contributed by atoms with Crippen LogP contribution in [0.4, 0.5) is 0 Å². The molecule has 84 valence electrons. The Balaban J connectivity index is 1.84. The van der Waals surface area contributed by atoms with Crippen molar-refractivity contribution in [3.63, 3.8) is 0 Å². The van der Waals surface area contributed by atoms with Crippen LogP contribution in [0.1, 0.15) is 32.6 Å². The first-order valence-corrected chi connectivity index (χ1v) is 5.74. The van der Waals surface area contributed by atoms with Crippen molar-refractivity contribution in [3.05, 3.63) is 0 Å². The predicted molar refractivity (Wildman–Crippen MR) is 57.2 cm³/mol. The molecule has 0 saturated carbocycles. The van der Waals surface area contributed by atoms with E-state index in [1.165, 1.54) is 0 Å². The van der Waals surface area contributed by atoms with Crippen molar-refractivity contribution in [2.24, 2.45) is 11.7 Å². The number of ether oxygens (including phenoxy) is 2. The second-order valence-electron chi connectivity index (χ2n) is 4.12. The van der Waals surface area contributed by atoms with Gasteiger partial charge >= 0.3 is 0 Å². The third-order valence-electron chi connectivity index (χ3n) is 2.77. The van der Waals surface area contributed by atoms with E-state index in [2.05, 4.69) is 6.92 Å². The van der Waals surface area contributed by atoms with E-state index < -0.39 is 0 Å². The highest BCUT2D eigenvalue weighted by molar-refractivity contribution is 4.63. The molecular formula is C11H23NO2. The van der Waals surface area contributed by atoms with E-state index in [4.69, 9.17) is 15.2 Å². The fraction of sp³-hybridized carbons (Fsp3) is 1.00. The molecular weight excluding hydrogens is 178 g/mol. The second kappa shape index (κ2) is 7.21. The van der Waals surface area contributed by atoms with Crippen molar-refractivity contribution in [1.29, 1.82) is 0 Å². The Bertz CT molecular complexity index is 135. The molecule has 2 unspecified atom stereocenters. The molecule has 2 N–H and O–H groups in total. The summed E-state index contributed by atoms with van der Waals surface area (Å²) in [5.74, 6) is 0.634. The Morgan fingerprint density at radius 1 is 1.57 bits per heavy atom. The monoisotopic (exact) mass is 201 g/mol. The van der Waals surface area contributed by atoms with E-state index in [1.807, 2.05) is 0 Å². The molecule has 1 aliphatic heterocycles. The topological polar surface area (TPSA) is 44.5 Å². The lowest BCUT2D eigenvalue weighted by molar-refractivity contribution is 0.0865. The zero-order valence-electron chi connectivity index (χ0n) is 9.21. The predicted octanol–water partition coefficient (Wildman–Crippen LogP) is 1.56. The van der Waals surface area contributed by atoms with E-state index in [1.54, 1.807) is 0 Å². The Labute approximate surface area is 86.9 Å². The van der Waals surface area contributed by atoms with Gasteiger partial charge in [0.1, 0.15) is 0 Å². The smallest absolute Gasteiger partial charge is 0.0517 e. The van der Waals surface area contributed by atoms with Crippen molar-refractivity contribution >= 4 is 0 Å². The molecule has 1 fully saturated rings. The van der Waals surface area contributed by atoms with Gasteiger partial charge in [0.25, 0.3) is 0 Å². The fourth-order valence-electron chi connectivity index (χ4n) is 1.62. The van der Waals surface area contributed by atoms with Crippen LogP contribution in [0.2, 0.25) is 0 Å². The Morgan fingerprint density at radius 2 is 2.43 bits per heavy atom. The van der Waals surface area contributed by atoms with Crippen molar-refractivity contribution in [2.45, 2.75) is 38.6 Å². The summed E-state index contributed by atoms with van der Waals surface area (Å²) >= 11 is 0. The quantitative estimate of drug-likeness (QED) is 0.636. The molecule has 1 aliphatic rings. The number of rotatable bonds is 7. The zero-order valence-corrected chi connectivity index (χ0v) is 9.21. The largest absolute Gasteiger partial charge is 0.381 e. The van der Waals surface area contributed by atoms with Crippen LogP contribution in [-0.2, 0) is 9.47 Å². The van der Waals surface area contributed by atoms with Crippen LogP contribution < -0.4 is 5.73 Å². The van der Waals surface area contributed by atoms with E-state index in [0.29, 0.717) is 12.0 Å². The number of hydrogen-bond acceptors (Lipinski definition) is 3. The van der Waals surface area contributed by atoms with E-state index >= 15 is 0 Å². The van der Waals surface area contributed by atoms with Gasteiger partial charge in [-0.3, -0.25) is 0 Å². The van der Waals surface area contributed by atoms with Crippen LogP contribution in [0.15, 0.2) is 0 Å². The van der Waals surface area contributed by atoms with Crippen LogP contribution in [-0.4, -0.2) is 32.5 Å². The molecule has 0 spiro atoms. The average molecular weight is 201 g/mol. The first kappa shape index (κ1) is 12.0. The molecule has 0 aliphatic carbocycles. The van der Waals surface area contributed by atoms with Crippen LogP contribution in [0.25, 0.3) is 0 Å². The molecule has 2 atom stereocenters. The lowest BCUT2D eigenvalue weighted by Gasteiger charge is -2.10. The Hall–Kier alpha value is -0.120. The molecule has 14 heavy (non-hydrogen) atoms. The van der Waals surface area contributed by atoms with Gasteiger partial charge in [0.15, 0.2) is 0 Å². The van der Waals surface area contributed by atoms with Crippen molar-refractivity contribution < 1.29 is 9.47 Å². The molecule has 0 aromatic heterocycles. The maximum atomic E-state index is 5.80. The molecule has 0 amide bonds. The van der Waals surface area contributed by atoms with Crippen LogP contribution in [0.3, 0.4) is 0 Å². The minimum absolute atomic E-state index is 0.355. The lowest BCUT2D eigenvalue weighted by atomic mass is 10.1. The summed E-state index contributed by atoms with van der Waals surface area (Å²) in [5, 5.41) is 0. The Morgan fingerprint density at radius 3 is 3.07 bits per heavy atom. The minimum atomic E-state index is 0.355. The van der Waals surface area contributed by atoms with Gasteiger partial charge in [0.2, 0.25) is 0 Å². The number of nitrogens with two attached hydrogens (primary N) is 1. The highest BCUT2D eigenvalue weighted by Gasteiger charge is 2.15. The first-order chi connectivity index (χ1) is 6.83. The zero-order chi connectivity index (χ0) is 10.2. The van der Waals surface area contributed by atoms with Gasteiger partial charge in [-0.2, -0.15) is 0 Å². The molecule has 0 aromatic rings. The first-order valence-electron chi connectivity index (χ1n) is 5.74. The average Bonchev–Trinajstić information content (AvgIpc) is 2.69. The van der Waals surface area contributed by atoms with Crippen molar-refractivity contribution in [2.75, 3.05) is 26.4 Å². The highest BCUT2D eigenvalue weighted by atomic mass is 16.5. The molecule has 3 heteroatoms. The van der Waals surface area contributed by atoms with Crippen LogP contribution in [0.5, 0.6) is 0 Å². The highest BCUT2D eigenvalue weighted by Crippen LogP contribution is 2.12. The Kier molecular flexibility index (Phi) is 6.15. The molecule has 1 saturated heterocycles. The summed E-state index contributed by atoms with van der Waals surface area (Å²) in [7, 11) is 0. The maximum absolute atomic E-state index is 5.80. The summed E-state index contributed by atoms with van der Waals surface area (Å²) < 4.78 is 10.8. The summed E-state index contributed by atoms with van der Waals surface area (Å²) in [5.41, 5.74) is 5.80. The molecule has 0 aromatic carbocycles. The van der Waals surface area contributed by atoms with Gasteiger partial charge in [-0.25, -0.2) is 0 Å². The SMILES string of the molecule is CCC(N)CCCOCC1CCOC1. The third kappa shape index (κ3) is 4.94. The minimum Gasteiger partial charge on any atom is -0.381 e. The van der Waals surface area contributed by atoms with Crippen molar-refractivity contribution in [3.8, 4) is 0 Å². The second-order valence-corrected chi connectivity index (χ2v) is 4.12. The summed E-state index contributed by atoms with van der Waals surface area (Å²) in [6.45, 7) is 5.64. The third-order valence-corrected chi connectivity index (χ3v) is 2.77. The molecule has 0 radical (unpaired) electrons. The van der Waals surface area contributed by atoms with Gasteiger partial charge in [0.05, 0.1) is 13.2 Å². The normalized spacial score (nSPS) is 24.0. The van der Waals surface area contributed by atoms with Gasteiger partial charge in [-0.15, -0.1) is 0 Å². The van der Waals surface area contributed by atoms with Gasteiger partial charge in [0, 0.05) is 25.2 Å². The van der Waals surface area contributed by atoms with Crippen LogP contribution in [0, 0.1) is 5.92 Å². The van der Waals surface area contributed by atoms with E-state index in [9.17, 15) is 0 Å². The molecule has 1 heterocycles. The van der Waals surface area contributed by atoms with Gasteiger partial charge in [-0.05, 0) is 25.7 Å². The van der Waals surface area contributed by atoms with Crippen molar-refractivity contribution in [1.82, 2.24) is 0 Å². The standard InChI is InChI=1S/C11H23NO2/c1-2-11(12)4-3-6-13-8-10-5-7-14-9-10/h10-11H,2-9,12H2,1H3. The van der Waals surface area contributed by atoms with Gasteiger partial charge < -0.3 is 15.2 Å². The molecule has 1 rings (SSSR count). The summed E-state index contributed by atoms with van der Waals surface area (Å²) in [6.07, 6.45) is 4.39. The molecule has 3 nitrogen and oxygen atoms in total.